The minimum Gasteiger partial charge on any atom is -0.333 e. The zero-order chi connectivity index (χ0) is 16.3. The first-order chi connectivity index (χ1) is 10.4. The maximum absolute atomic E-state index is 11.9. The van der Waals surface area contributed by atoms with E-state index in [1.165, 1.54) is 23.5 Å². The minimum atomic E-state index is -0.494. The molecule has 116 valence electrons. The Hall–Kier alpha value is -2.48. The number of nitro benzene ring substituents is 1. The van der Waals surface area contributed by atoms with E-state index in [4.69, 9.17) is 0 Å². The molecule has 1 aromatic heterocycles. The normalized spacial score (nSPS) is 10.3. The van der Waals surface area contributed by atoms with Gasteiger partial charge in [-0.2, -0.15) is 0 Å². The van der Waals surface area contributed by atoms with E-state index in [2.05, 4.69) is 15.6 Å². The van der Waals surface area contributed by atoms with Crippen molar-refractivity contribution in [1.82, 2.24) is 10.3 Å². The highest BCUT2D eigenvalue weighted by Gasteiger charge is 2.12. The van der Waals surface area contributed by atoms with Gasteiger partial charge in [0.1, 0.15) is 0 Å². The lowest BCUT2D eigenvalue weighted by Gasteiger charge is -2.09. The monoisotopic (exact) mass is 320 g/mol. The number of hydrogen-bond donors (Lipinski definition) is 2. The molecule has 0 unspecified atom stereocenters. The van der Waals surface area contributed by atoms with Crippen molar-refractivity contribution < 1.29 is 9.72 Å². The molecule has 2 N–H and O–H groups in total. The van der Waals surface area contributed by atoms with Gasteiger partial charge in [0.05, 0.1) is 27.9 Å². The van der Waals surface area contributed by atoms with Gasteiger partial charge in [-0.25, -0.2) is 9.78 Å². The molecule has 22 heavy (non-hydrogen) atoms. The molecule has 2 rings (SSSR count). The molecule has 0 saturated heterocycles. The van der Waals surface area contributed by atoms with Crippen LogP contribution in [0.3, 0.4) is 0 Å². The van der Waals surface area contributed by atoms with Gasteiger partial charge in [0.2, 0.25) is 0 Å². The van der Waals surface area contributed by atoms with Crippen molar-refractivity contribution in [2.75, 3.05) is 5.32 Å². The topological polar surface area (TPSA) is 97.2 Å². The van der Waals surface area contributed by atoms with Gasteiger partial charge in [-0.05, 0) is 26.3 Å². The number of nitrogens with one attached hydrogen (secondary N) is 2. The molecule has 0 fully saturated rings. The predicted octanol–water partition coefficient (Wildman–Crippen LogP) is 3.30. The van der Waals surface area contributed by atoms with Crippen LogP contribution < -0.4 is 10.6 Å². The summed E-state index contributed by atoms with van der Waals surface area (Å²) < 4.78 is 0. The van der Waals surface area contributed by atoms with E-state index in [9.17, 15) is 14.9 Å². The van der Waals surface area contributed by atoms with Gasteiger partial charge in [0.15, 0.2) is 0 Å². The number of thiazole rings is 1. The Kier molecular flexibility index (Phi) is 4.71. The maximum Gasteiger partial charge on any atom is 0.319 e. The number of carbonyl (C=O) groups is 1. The quantitative estimate of drug-likeness (QED) is 0.667. The molecule has 2 aromatic rings. The number of urea groups is 1. The van der Waals surface area contributed by atoms with Gasteiger partial charge in [0.25, 0.3) is 5.69 Å². The molecule has 0 radical (unpaired) electrons. The fourth-order valence-electron chi connectivity index (χ4n) is 1.92. The van der Waals surface area contributed by atoms with Crippen LogP contribution in [0.4, 0.5) is 16.2 Å². The number of aromatic nitrogens is 1. The number of benzene rings is 1. The van der Waals surface area contributed by atoms with E-state index in [0.717, 1.165) is 21.1 Å². The Morgan fingerprint density at radius 1 is 1.36 bits per heavy atom. The van der Waals surface area contributed by atoms with Crippen molar-refractivity contribution in [1.29, 1.82) is 0 Å². The Balaban J connectivity index is 2.01. The highest BCUT2D eigenvalue weighted by atomic mass is 32.1. The number of non-ortho nitro benzene ring substituents is 1. The van der Waals surface area contributed by atoms with E-state index < -0.39 is 11.0 Å². The SMILES string of the molecule is Cc1nc(C)c(CNC(=O)Nc2cc([N+](=O)[O-])ccc2C)s1. The van der Waals surface area contributed by atoms with E-state index in [1.807, 2.05) is 13.8 Å². The van der Waals surface area contributed by atoms with Crippen molar-refractivity contribution in [2.24, 2.45) is 0 Å². The molecule has 2 amide bonds. The van der Waals surface area contributed by atoms with Gasteiger partial charge in [0, 0.05) is 17.0 Å². The molecule has 0 spiro atoms. The summed E-state index contributed by atoms with van der Waals surface area (Å²) in [5.41, 5.74) is 2.01. The van der Waals surface area contributed by atoms with E-state index in [1.54, 1.807) is 13.0 Å². The number of nitrogens with zero attached hydrogens (tertiary/aromatic N) is 2. The largest absolute Gasteiger partial charge is 0.333 e. The fraction of sp³-hybridized carbons (Fsp3) is 0.286. The molecule has 0 aliphatic heterocycles. The summed E-state index contributed by atoms with van der Waals surface area (Å²) in [5.74, 6) is 0. The zero-order valence-corrected chi connectivity index (χ0v) is 13.3. The zero-order valence-electron chi connectivity index (χ0n) is 12.5. The number of carbonyl (C=O) groups excluding carboxylic acids is 1. The van der Waals surface area contributed by atoms with Crippen molar-refractivity contribution in [3.63, 3.8) is 0 Å². The lowest BCUT2D eigenvalue weighted by Crippen LogP contribution is -2.28. The molecule has 0 aliphatic carbocycles. The van der Waals surface area contributed by atoms with E-state index >= 15 is 0 Å². The van der Waals surface area contributed by atoms with Gasteiger partial charge in [-0.1, -0.05) is 6.07 Å². The number of aryl methyl sites for hydroxylation is 3. The van der Waals surface area contributed by atoms with Gasteiger partial charge >= 0.3 is 6.03 Å². The summed E-state index contributed by atoms with van der Waals surface area (Å²) in [6.45, 7) is 5.95. The van der Waals surface area contributed by atoms with Crippen LogP contribution >= 0.6 is 11.3 Å². The molecule has 0 aliphatic rings. The van der Waals surface area contributed by atoms with Crippen LogP contribution in [0, 0.1) is 30.9 Å². The smallest absolute Gasteiger partial charge is 0.319 e. The van der Waals surface area contributed by atoms with E-state index in [0.29, 0.717) is 12.2 Å². The molecule has 1 heterocycles. The van der Waals surface area contributed by atoms with Gasteiger partial charge < -0.3 is 10.6 Å². The highest BCUT2D eigenvalue weighted by molar-refractivity contribution is 7.11. The summed E-state index contributed by atoms with van der Waals surface area (Å²) >= 11 is 1.53. The average molecular weight is 320 g/mol. The average Bonchev–Trinajstić information content (AvgIpc) is 2.77. The summed E-state index contributed by atoms with van der Waals surface area (Å²) in [4.78, 5) is 27.5. The Labute approximate surface area is 131 Å². The highest BCUT2D eigenvalue weighted by Crippen LogP contribution is 2.22. The maximum atomic E-state index is 11.9. The lowest BCUT2D eigenvalue weighted by molar-refractivity contribution is -0.384. The third-order valence-corrected chi connectivity index (χ3v) is 4.16. The first-order valence-electron chi connectivity index (χ1n) is 6.59. The molecular formula is C14H16N4O3S. The number of hydrogen-bond acceptors (Lipinski definition) is 5. The first-order valence-corrected chi connectivity index (χ1v) is 7.41. The molecule has 1 aromatic carbocycles. The molecule has 0 bridgehead atoms. The second-order valence-electron chi connectivity index (χ2n) is 4.81. The fourth-order valence-corrected chi connectivity index (χ4v) is 2.80. The van der Waals surface area contributed by atoms with Crippen LogP contribution in [0.2, 0.25) is 0 Å². The van der Waals surface area contributed by atoms with Gasteiger partial charge in [-0.3, -0.25) is 10.1 Å². The number of anilines is 1. The summed E-state index contributed by atoms with van der Waals surface area (Å²) in [7, 11) is 0. The number of amides is 2. The molecular weight excluding hydrogens is 304 g/mol. The second kappa shape index (κ2) is 6.52. The lowest BCUT2D eigenvalue weighted by atomic mass is 10.2. The summed E-state index contributed by atoms with van der Waals surface area (Å²) in [6.07, 6.45) is 0. The molecule has 0 atom stereocenters. The third kappa shape index (κ3) is 3.79. The van der Waals surface area contributed by atoms with Crippen molar-refractivity contribution in [3.05, 3.63) is 49.5 Å². The van der Waals surface area contributed by atoms with Crippen LogP contribution in [0.5, 0.6) is 0 Å². The summed E-state index contributed by atoms with van der Waals surface area (Å²) in [5, 5.41) is 17.1. The predicted molar refractivity (Wildman–Crippen MR) is 85.3 cm³/mol. The van der Waals surface area contributed by atoms with E-state index in [-0.39, 0.29) is 5.69 Å². The number of nitro groups is 1. The Morgan fingerprint density at radius 2 is 2.09 bits per heavy atom. The van der Waals surface area contributed by atoms with Crippen LogP contribution in [-0.4, -0.2) is 15.9 Å². The Bertz CT molecular complexity index is 727. The minimum absolute atomic E-state index is 0.0603. The second-order valence-corrected chi connectivity index (χ2v) is 6.09. The van der Waals surface area contributed by atoms with Crippen molar-refractivity contribution in [2.45, 2.75) is 27.3 Å². The molecule has 0 saturated carbocycles. The van der Waals surface area contributed by atoms with Crippen molar-refractivity contribution >= 4 is 28.7 Å². The van der Waals surface area contributed by atoms with Crippen LogP contribution in [0.1, 0.15) is 21.1 Å². The van der Waals surface area contributed by atoms with Gasteiger partial charge in [-0.15, -0.1) is 11.3 Å². The number of rotatable bonds is 4. The molecule has 7 nitrogen and oxygen atoms in total. The third-order valence-electron chi connectivity index (χ3n) is 3.09. The summed E-state index contributed by atoms with van der Waals surface area (Å²) in [6, 6.07) is 3.94. The standard InChI is InChI=1S/C14H16N4O3S/c1-8-4-5-11(18(20)21)6-12(8)17-14(19)15-7-13-9(2)16-10(3)22-13/h4-6H,7H2,1-3H3,(H2,15,17,19). The van der Waals surface area contributed by atoms with Crippen LogP contribution in [0.25, 0.3) is 0 Å². The van der Waals surface area contributed by atoms with Crippen LogP contribution in [0.15, 0.2) is 18.2 Å². The first kappa shape index (κ1) is 15.9. The van der Waals surface area contributed by atoms with Crippen molar-refractivity contribution in [3.8, 4) is 0 Å². The Morgan fingerprint density at radius 3 is 2.68 bits per heavy atom. The van der Waals surface area contributed by atoms with Crippen LogP contribution in [-0.2, 0) is 6.54 Å². The molecule has 8 heteroatoms.